The fraction of sp³-hybridized carbons (Fsp3) is 0.515. The lowest BCUT2D eigenvalue weighted by atomic mass is 9.73. The summed E-state index contributed by atoms with van der Waals surface area (Å²) in [6, 6.07) is 11.6. The minimum absolute atomic E-state index is 0.0281. The number of hydrogen-bond donors (Lipinski definition) is 2. The van der Waals surface area contributed by atoms with E-state index in [4.69, 9.17) is 36.2 Å². The van der Waals surface area contributed by atoms with Crippen LogP contribution in [-0.4, -0.2) is 82.9 Å². The van der Waals surface area contributed by atoms with Crippen LogP contribution >= 0.6 is 78.4 Å². The summed E-state index contributed by atoms with van der Waals surface area (Å²) in [5.41, 5.74) is -0.824. The molecule has 2 N–H and O–H groups in total. The van der Waals surface area contributed by atoms with Crippen molar-refractivity contribution in [2.75, 3.05) is 44.7 Å². The third kappa shape index (κ3) is 6.42. The normalized spacial score (nSPS) is 27.4. The van der Waals surface area contributed by atoms with Gasteiger partial charge in [-0.15, -0.1) is 0 Å². The third-order valence-corrected chi connectivity index (χ3v) is 11.7. The van der Waals surface area contributed by atoms with Crippen LogP contribution in [0.2, 0.25) is 0 Å². The molecule has 3 saturated heterocycles. The van der Waals surface area contributed by atoms with Crippen molar-refractivity contribution >= 4 is 101 Å². The zero-order valence-corrected chi connectivity index (χ0v) is 33.8. The molecule has 8 rings (SSSR count). The van der Waals surface area contributed by atoms with E-state index in [1.807, 2.05) is 47.6 Å². The fourth-order valence-corrected chi connectivity index (χ4v) is 9.08. The number of thiocarbonyl (C=S) groups is 1. The Hall–Kier alpha value is -1.50. The highest BCUT2D eigenvalue weighted by atomic mass is 127. The quantitative estimate of drug-likeness (QED) is 0.182. The zero-order valence-electron chi connectivity index (χ0n) is 26.8. The highest BCUT2D eigenvalue weighted by Gasteiger charge is 2.59. The summed E-state index contributed by atoms with van der Waals surface area (Å²) in [5, 5.41) is 7.08. The number of fused-ring (bicyclic) bond motifs is 4. The van der Waals surface area contributed by atoms with Crippen LogP contribution in [0, 0.1) is 0 Å². The van der Waals surface area contributed by atoms with Crippen molar-refractivity contribution in [1.82, 2.24) is 15.5 Å². The second-order valence-electron chi connectivity index (χ2n) is 12.6. The summed E-state index contributed by atoms with van der Waals surface area (Å²) in [6.45, 7) is 2.61. The molecule has 0 bridgehead atoms. The molecule has 2 aromatic rings. The molecule has 0 aromatic heterocycles. The van der Waals surface area contributed by atoms with Gasteiger partial charge in [0.05, 0.1) is 26.4 Å². The molecule has 2 aromatic carbocycles. The van der Waals surface area contributed by atoms with E-state index in [0.717, 1.165) is 62.4 Å². The maximum absolute atomic E-state index is 13.2. The van der Waals surface area contributed by atoms with Gasteiger partial charge in [0, 0.05) is 65.6 Å². The minimum atomic E-state index is -0.887. The van der Waals surface area contributed by atoms with Crippen LogP contribution < -0.4 is 20.1 Å². The van der Waals surface area contributed by atoms with Crippen LogP contribution in [0.1, 0.15) is 49.7 Å². The first-order valence-corrected chi connectivity index (χ1v) is 21.0. The van der Waals surface area contributed by atoms with E-state index in [1.54, 1.807) is 11.9 Å². The van der Waals surface area contributed by atoms with Gasteiger partial charge in [0.15, 0.2) is 21.4 Å². The van der Waals surface area contributed by atoms with Gasteiger partial charge in [-0.25, -0.2) is 4.99 Å². The number of thioether (sulfide) groups is 1. The molecular weight excluding hydrogens is 899 g/mol. The largest absolute Gasteiger partial charge is 0.487 e. The maximum Gasteiger partial charge on any atom is 0.261 e. The van der Waals surface area contributed by atoms with Crippen molar-refractivity contribution in [1.29, 1.82) is 0 Å². The van der Waals surface area contributed by atoms with Crippen LogP contribution in [0.25, 0.3) is 0 Å². The van der Waals surface area contributed by atoms with Crippen LogP contribution in [0.4, 0.5) is 0 Å². The number of alkyl halides is 1. The smallest absolute Gasteiger partial charge is 0.261 e. The van der Waals surface area contributed by atoms with Crippen LogP contribution in [0.15, 0.2) is 50.3 Å². The Morgan fingerprint density at radius 3 is 1.90 bits per heavy atom. The summed E-state index contributed by atoms with van der Waals surface area (Å²) in [6.07, 6.45) is 6.18. The topological polar surface area (TPSA) is 111 Å². The molecule has 6 aliphatic heterocycles. The summed E-state index contributed by atoms with van der Waals surface area (Å²) >= 11 is 15.8. The Kier molecular flexibility index (Phi) is 10.8. The van der Waals surface area contributed by atoms with Crippen LogP contribution in [-0.2, 0) is 30.1 Å². The Morgan fingerprint density at radius 2 is 1.40 bits per heavy atom. The number of nitrogens with zero attached hydrogens (tertiary/aromatic N) is 2. The Bertz CT molecular complexity index is 1650. The highest BCUT2D eigenvalue weighted by molar-refractivity contribution is 14.1. The van der Waals surface area contributed by atoms with Crippen LogP contribution in [0.5, 0.6) is 11.5 Å². The van der Waals surface area contributed by atoms with E-state index >= 15 is 0 Å². The third-order valence-electron chi connectivity index (χ3n) is 9.77. The number of halogens is 3. The number of aliphatic imine (C=N–C) groups is 1. The number of carbonyl (C=O) groups excluding carboxylic acids is 2. The predicted molar refractivity (Wildman–Crippen MR) is 205 cm³/mol. The number of carbonyl (C=O) groups is 2. The fourth-order valence-electron chi connectivity index (χ4n) is 7.49. The molecule has 2 atom stereocenters. The molecule has 15 heteroatoms. The van der Waals surface area contributed by atoms with Gasteiger partial charge in [0.1, 0.15) is 22.7 Å². The predicted octanol–water partition coefficient (Wildman–Crippen LogP) is 6.20. The molecule has 6 heterocycles. The van der Waals surface area contributed by atoms with Crippen molar-refractivity contribution in [3.63, 3.8) is 0 Å². The maximum atomic E-state index is 13.2. The minimum Gasteiger partial charge on any atom is -0.487 e. The molecule has 0 saturated carbocycles. The summed E-state index contributed by atoms with van der Waals surface area (Å²) < 4.78 is 25.6. The van der Waals surface area contributed by atoms with Gasteiger partial charge in [0.25, 0.3) is 11.8 Å². The number of ether oxygens (including phenoxy) is 4. The molecule has 48 heavy (non-hydrogen) atoms. The Morgan fingerprint density at radius 1 is 0.875 bits per heavy atom. The molecule has 6 aliphatic rings. The molecule has 2 amide bonds. The van der Waals surface area contributed by atoms with Gasteiger partial charge in [0.2, 0.25) is 0 Å². The van der Waals surface area contributed by atoms with Gasteiger partial charge in [-0.05, 0) is 59.8 Å². The molecule has 3 fully saturated rings. The van der Waals surface area contributed by atoms with Gasteiger partial charge in [-0.1, -0.05) is 66.2 Å². The van der Waals surface area contributed by atoms with Gasteiger partial charge >= 0.3 is 0 Å². The second-order valence-corrected chi connectivity index (χ2v) is 15.6. The molecule has 0 radical (unpaired) electrons. The van der Waals surface area contributed by atoms with E-state index in [-0.39, 0.29) is 23.0 Å². The molecule has 2 unspecified atom stereocenters. The zero-order chi connectivity index (χ0) is 34.3. The number of amides is 2. The first-order valence-electron chi connectivity index (χ1n) is 15.6. The molecular formula is C33H37Br2IN4O6S2. The average molecular weight is 937 g/mol. The lowest BCUT2D eigenvalue weighted by Gasteiger charge is -2.47. The van der Waals surface area contributed by atoms with E-state index in [0.29, 0.717) is 44.4 Å². The lowest BCUT2D eigenvalue weighted by molar-refractivity contribution is -0.137. The number of benzene rings is 2. The van der Waals surface area contributed by atoms with Gasteiger partial charge < -0.3 is 29.6 Å². The van der Waals surface area contributed by atoms with E-state index in [2.05, 4.69) is 65.1 Å². The van der Waals surface area contributed by atoms with E-state index in [1.165, 1.54) is 11.8 Å². The standard InChI is InChI=1S/C17H19BrN2O3S.C15H15BrN2O3S.CH3I/c1-20-14(21)17(19-15(20)24-2)10-16(5-7-22-8-6-16)23-13-4-3-11(18)9-12(13)17;16-9-1-2-11-10(7-9)15(12(19)17-13(22)18-15)8-14(21-11)3-5-20-6-4-14;1-2/h3-4,9H,5-8,10H2,1-2H3;1-2,7H,3-6,8H2,(H2,17,18,19,22);1H3. The highest BCUT2D eigenvalue weighted by Crippen LogP contribution is 2.53. The van der Waals surface area contributed by atoms with Gasteiger partial charge in [-0.3, -0.25) is 14.5 Å². The summed E-state index contributed by atoms with van der Waals surface area (Å²) in [4.78, 5) is 34.5. The van der Waals surface area contributed by atoms with E-state index < -0.39 is 11.1 Å². The van der Waals surface area contributed by atoms with Crippen molar-refractivity contribution in [3.05, 3.63) is 56.5 Å². The first-order chi connectivity index (χ1) is 23.0. The Labute approximate surface area is 320 Å². The number of nitrogens with one attached hydrogen (secondary N) is 2. The van der Waals surface area contributed by atoms with E-state index in [9.17, 15) is 9.59 Å². The summed E-state index contributed by atoms with van der Waals surface area (Å²) in [5.74, 6) is 1.43. The monoisotopic (exact) mass is 934 g/mol. The number of hydrogen-bond acceptors (Lipinski definition) is 9. The lowest BCUT2D eigenvalue weighted by Crippen LogP contribution is -2.57. The molecule has 4 spiro atoms. The number of amidine groups is 1. The van der Waals surface area contributed by atoms with Crippen LogP contribution in [0.3, 0.4) is 0 Å². The SMILES string of the molecule is CI.CSC1=NC2(CC3(CCOCC3)Oc3ccc(Br)cc32)C(=O)N1C.O=C1NC(=S)NC12CC1(CCOCC1)Oc1ccc(Br)cc12. The van der Waals surface area contributed by atoms with Crippen molar-refractivity contribution in [2.45, 2.75) is 60.8 Å². The number of rotatable bonds is 0. The summed E-state index contributed by atoms with van der Waals surface area (Å²) in [7, 11) is 1.80. The molecule has 10 nitrogen and oxygen atoms in total. The van der Waals surface area contributed by atoms with Crippen molar-refractivity contribution in [2.24, 2.45) is 4.99 Å². The Balaban J connectivity index is 0.000000160. The van der Waals surface area contributed by atoms with Crippen molar-refractivity contribution < 1.29 is 28.5 Å². The van der Waals surface area contributed by atoms with Crippen molar-refractivity contribution in [3.8, 4) is 11.5 Å². The second kappa shape index (κ2) is 14.3. The average Bonchev–Trinajstić information content (AvgIpc) is 3.50. The molecule has 258 valence electrons. The first kappa shape index (κ1) is 36.3. The molecule has 0 aliphatic carbocycles. The number of likely N-dealkylation sites (N-methyl/N-ethyl adjacent to an activating group) is 1. The van der Waals surface area contributed by atoms with Gasteiger partial charge in [-0.2, -0.15) is 0 Å².